The fraction of sp³-hybridized carbons (Fsp3) is 0.700. The zero-order valence-electron chi connectivity index (χ0n) is 9.07. The molecule has 5 heteroatoms. The second kappa shape index (κ2) is 4.81. The van der Waals surface area contributed by atoms with Crippen molar-refractivity contribution in [3.05, 3.63) is 6.07 Å². The summed E-state index contributed by atoms with van der Waals surface area (Å²) in [5.74, 6) is 1.37. The first-order valence-corrected chi connectivity index (χ1v) is 6.16. The number of likely N-dealkylation sites (tertiary alicyclic amines) is 1. The molecule has 3 N–H and O–H groups in total. The normalized spacial score (nSPS) is 22.9. The highest BCUT2D eigenvalue weighted by atomic mass is 32.1. The van der Waals surface area contributed by atoms with E-state index in [4.69, 9.17) is 5.73 Å². The number of nitrogens with two attached hydrogens (primary N) is 1. The van der Waals surface area contributed by atoms with Gasteiger partial charge in [-0.25, -0.2) is 0 Å². The van der Waals surface area contributed by atoms with Gasteiger partial charge in [-0.3, -0.25) is 0 Å². The number of hydrogen-bond donors (Lipinski definition) is 2. The average Bonchev–Trinajstić information content (AvgIpc) is 2.62. The van der Waals surface area contributed by atoms with E-state index in [1.165, 1.54) is 37.5 Å². The molecule has 1 saturated heterocycles. The minimum absolute atomic E-state index is 0.614. The van der Waals surface area contributed by atoms with Crippen LogP contribution in [0.2, 0.25) is 0 Å². The van der Waals surface area contributed by atoms with E-state index < -0.39 is 0 Å². The third kappa shape index (κ3) is 3.07. The van der Waals surface area contributed by atoms with E-state index in [0.29, 0.717) is 5.82 Å². The fourth-order valence-corrected chi connectivity index (χ4v) is 2.63. The molecule has 1 aromatic heterocycles. The van der Waals surface area contributed by atoms with Crippen LogP contribution in [0.1, 0.15) is 12.8 Å². The maximum Gasteiger partial charge on any atom is 0.139 e. The number of aromatic nitrogens is 1. The molecule has 0 radical (unpaired) electrons. The third-order valence-electron chi connectivity index (χ3n) is 2.82. The minimum Gasteiger partial charge on any atom is -0.383 e. The SMILES string of the molecule is CN1CCCC(CNc2cc(N)ns2)C1. The van der Waals surface area contributed by atoms with Crippen LogP contribution in [0, 0.1) is 5.92 Å². The molecule has 4 nitrogen and oxygen atoms in total. The molecule has 0 aliphatic carbocycles. The lowest BCUT2D eigenvalue weighted by Crippen LogP contribution is -2.35. The van der Waals surface area contributed by atoms with E-state index in [9.17, 15) is 0 Å². The predicted octanol–water partition coefficient (Wildman–Crippen LogP) is 1.48. The van der Waals surface area contributed by atoms with Gasteiger partial charge in [0.15, 0.2) is 0 Å². The van der Waals surface area contributed by atoms with Crippen molar-refractivity contribution >= 4 is 22.4 Å². The Balaban J connectivity index is 1.77. The van der Waals surface area contributed by atoms with Crippen LogP contribution in [0.3, 0.4) is 0 Å². The van der Waals surface area contributed by atoms with Gasteiger partial charge < -0.3 is 16.0 Å². The van der Waals surface area contributed by atoms with Gasteiger partial charge in [-0.2, -0.15) is 4.37 Å². The molecule has 0 aromatic carbocycles. The average molecular weight is 226 g/mol. The van der Waals surface area contributed by atoms with Gasteiger partial charge in [0.25, 0.3) is 0 Å². The molecule has 0 saturated carbocycles. The molecule has 84 valence electrons. The number of anilines is 2. The number of nitrogens with one attached hydrogen (secondary N) is 1. The van der Waals surface area contributed by atoms with Gasteiger partial charge in [0, 0.05) is 19.2 Å². The summed E-state index contributed by atoms with van der Waals surface area (Å²) in [6.07, 6.45) is 2.64. The van der Waals surface area contributed by atoms with Gasteiger partial charge in [-0.15, -0.1) is 0 Å². The lowest BCUT2D eigenvalue weighted by Gasteiger charge is -2.29. The third-order valence-corrected chi connectivity index (χ3v) is 3.58. The zero-order valence-corrected chi connectivity index (χ0v) is 9.89. The van der Waals surface area contributed by atoms with E-state index in [1.807, 2.05) is 6.07 Å². The van der Waals surface area contributed by atoms with Crippen LogP contribution >= 0.6 is 11.5 Å². The molecule has 1 aliphatic heterocycles. The van der Waals surface area contributed by atoms with E-state index in [2.05, 4.69) is 21.6 Å². The smallest absolute Gasteiger partial charge is 0.139 e. The Morgan fingerprint density at radius 2 is 2.60 bits per heavy atom. The van der Waals surface area contributed by atoms with E-state index >= 15 is 0 Å². The molecule has 1 fully saturated rings. The Bertz CT molecular complexity index is 312. The molecule has 0 bridgehead atoms. The summed E-state index contributed by atoms with van der Waals surface area (Å²) in [5, 5.41) is 4.49. The Kier molecular flexibility index (Phi) is 3.43. The van der Waals surface area contributed by atoms with Crippen LogP contribution in [-0.4, -0.2) is 36.0 Å². The van der Waals surface area contributed by atoms with Crippen molar-refractivity contribution in [1.29, 1.82) is 0 Å². The molecule has 1 unspecified atom stereocenters. The van der Waals surface area contributed by atoms with Crippen molar-refractivity contribution < 1.29 is 0 Å². The number of nitrogens with zero attached hydrogens (tertiary/aromatic N) is 2. The van der Waals surface area contributed by atoms with Crippen molar-refractivity contribution in [3.8, 4) is 0 Å². The van der Waals surface area contributed by atoms with Gasteiger partial charge in [0.1, 0.15) is 10.8 Å². The summed E-state index contributed by atoms with van der Waals surface area (Å²) in [5.41, 5.74) is 5.56. The van der Waals surface area contributed by atoms with Crippen molar-refractivity contribution in [2.75, 3.05) is 37.7 Å². The first kappa shape index (κ1) is 10.7. The highest BCUT2D eigenvalue weighted by molar-refractivity contribution is 7.10. The molecule has 0 spiro atoms. The number of hydrogen-bond acceptors (Lipinski definition) is 5. The van der Waals surface area contributed by atoms with Gasteiger partial charge >= 0.3 is 0 Å². The first-order valence-electron chi connectivity index (χ1n) is 5.38. The van der Waals surface area contributed by atoms with Crippen LogP contribution in [0.5, 0.6) is 0 Å². The van der Waals surface area contributed by atoms with Crippen molar-refractivity contribution in [2.24, 2.45) is 5.92 Å². The molecule has 15 heavy (non-hydrogen) atoms. The Morgan fingerprint density at radius 1 is 1.73 bits per heavy atom. The second-order valence-corrected chi connectivity index (χ2v) is 5.07. The summed E-state index contributed by atoms with van der Waals surface area (Å²) in [7, 11) is 2.19. The van der Waals surface area contributed by atoms with Gasteiger partial charge in [-0.05, 0) is 43.9 Å². The second-order valence-electron chi connectivity index (χ2n) is 4.27. The summed E-state index contributed by atoms with van der Waals surface area (Å²) in [6, 6.07) is 1.90. The topological polar surface area (TPSA) is 54.2 Å². The number of piperidine rings is 1. The molecular formula is C10H18N4S. The summed E-state index contributed by atoms with van der Waals surface area (Å²) in [4.78, 5) is 2.40. The lowest BCUT2D eigenvalue weighted by molar-refractivity contribution is 0.217. The Morgan fingerprint density at radius 3 is 3.27 bits per heavy atom. The molecule has 1 aromatic rings. The lowest BCUT2D eigenvalue weighted by atomic mass is 9.99. The molecule has 0 amide bonds. The Labute approximate surface area is 94.6 Å². The molecule has 2 rings (SSSR count). The number of rotatable bonds is 3. The predicted molar refractivity (Wildman–Crippen MR) is 65.2 cm³/mol. The zero-order chi connectivity index (χ0) is 10.7. The quantitative estimate of drug-likeness (QED) is 0.819. The summed E-state index contributed by atoms with van der Waals surface area (Å²) >= 11 is 1.44. The van der Waals surface area contributed by atoms with Crippen LogP contribution in [0.4, 0.5) is 10.8 Å². The van der Waals surface area contributed by atoms with Crippen LogP contribution in [-0.2, 0) is 0 Å². The maximum absolute atomic E-state index is 5.56. The van der Waals surface area contributed by atoms with Crippen LogP contribution < -0.4 is 11.1 Å². The summed E-state index contributed by atoms with van der Waals surface area (Å²) < 4.78 is 4.04. The highest BCUT2D eigenvalue weighted by Crippen LogP contribution is 2.20. The monoisotopic (exact) mass is 226 g/mol. The van der Waals surface area contributed by atoms with Gasteiger partial charge in [-0.1, -0.05) is 0 Å². The van der Waals surface area contributed by atoms with Crippen molar-refractivity contribution in [3.63, 3.8) is 0 Å². The minimum atomic E-state index is 0.614. The first-order chi connectivity index (χ1) is 7.24. The van der Waals surface area contributed by atoms with Crippen molar-refractivity contribution in [2.45, 2.75) is 12.8 Å². The Hall–Kier alpha value is -0.810. The van der Waals surface area contributed by atoms with Gasteiger partial charge in [0.05, 0.1) is 0 Å². The van der Waals surface area contributed by atoms with E-state index in [0.717, 1.165) is 17.5 Å². The van der Waals surface area contributed by atoms with Gasteiger partial charge in [0.2, 0.25) is 0 Å². The summed E-state index contributed by atoms with van der Waals surface area (Å²) in [6.45, 7) is 3.47. The molecule has 2 heterocycles. The van der Waals surface area contributed by atoms with E-state index in [-0.39, 0.29) is 0 Å². The van der Waals surface area contributed by atoms with Crippen molar-refractivity contribution in [1.82, 2.24) is 9.27 Å². The maximum atomic E-state index is 5.56. The number of nitrogen functional groups attached to an aromatic ring is 1. The largest absolute Gasteiger partial charge is 0.383 e. The fourth-order valence-electron chi connectivity index (χ4n) is 2.06. The molecule has 1 atom stereocenters. The standard InChI is InChI=1S/C10H18N4S/c1-14-4-2-3-8(7-14)6-12-10-5-9(11)13-15-10/h5,8,12H,2-4,6-7H2,1H3,(H2,11,13). The molecular weight excluding hydrogens is 208 g/mol. The van der Waals surface area contributed by atoms with E-state index in [1.54, 1.807) is 0 Å². The van der Waals surface area contributed by atoms with Crippen LogP contribution in [0.25, 0.3) is 0 Å². The molecule has 1 aliphatic rings. The van der Waals surface area contributed by atoms with Crippen LogP contribution in [0.15, 0.2) is 6.07 Å². The highest BCUT2D eigenvalue weighted by Gasteiger charge is 2.16.